The van der Waals surface area contributed by atoms with Crippen molar-refractivity contribution in [2.24, 2.45) is 11.3 Å². The first-order valence-corrected chi connectivity index (χ1v) is 7.26. The van der Waals surface area contributed by atoms with E-state index in [1.807, 2.05) is 18.2 Å². The Morgan fingerprint density at radius 1 is 1.35 bits per heavy atom. The molecule has 1 saturated carbocycles. The fraction of sp³-hybridized carbons (Fsp3) is 0.571. The summed E-state index contributed by atoms with van der Waals surface area (Å²) < 4.78 is 1.02. The number of hydrogen-bond acceptors (Lipinski definition) is 1. The number of rotatable bonds is 2. The van der Waals surface area contributed by atoms with Gasteiger partial charge in [0.25, 0.3) is 0 Å². The summed E-state index contributed by atoms with van der Waals surface area (Å²) in [7, 11) is 0. The summed E-state index contributed by atoms with van der Waals surface area (Å²) in [6, 6.07) is 6.54. The SMILES string of the molecule is CC1CC(C)(C)CC1Nc1ccc(Br)cc1Cl. The number of hydrogen-bond donors (Lipinski definition) is 1. The third-order valence-corrected chi connectivity index (χ3v) is 4.41. The van der Waals surface area contributed by atoms with Gasteiger partial charge in [-0.05, 0) is 42.4 Å². The third-order valence-electron chi connectivity index (χ3n) is 3.61. The fourth-order valence-electron chi connectivity index (χ4n) is 2.89. The lowest BCUT2D eigenvalue weighted by Crippen LogP contribution is -2.22. The van der Waals surface area contributed by atoms with Crippen molar-refractivity contribution < 1.29 is 0 Å². The first-order chi connectivity index (χ1) is 7.87. The van der Waals surface area contributed by atoms with E-state index in [-0.39, 0.29) is 0 Å². The molecule has 0 saturated heterocycles. The zero-order chi connectivity index (χ0) is 12.6. The minimum atomic E-state index is 0.443. The molecule has 1 fully saturated rings. The molecule has 2 unspecified atom stereocenters. The van der Waals surface area contributed by atoms with Crippen molar-refractivity contribution in [2.45, 2.75) is 39.7 Å². The molecule has 2 atom stereocenters. The smallest absolute Gasteiger partial charge is 0.0648 e. The van der Waals surface area contributed by atoms with Crippen LogP contribution >= 0.6 is 27.5 Å². The molecule has 0 aromatic heterocycles. The summed E-state index contributed by atoms with van der Waals surface area (Å²) in [5, 5.41) is 4.38. The fourth-order valence-corrected chi connectivity index (χ4v) is 3.62. The average Bonchev–Trinajstić information content (AvgIpc) is 2.44. The van der Waals surface area contributed by atoms with Crippen molar-refractivity contribution in [3.63, 3.8) is 0 Å². The first kappa shape index (κ1) is 13.2. The summed E-state index contributed by atoms with van der Waals surface area (Å²) in [5.74, 6) is 0.699. The molecule has 1 N–H and O–H groups in total. The van der Waals surface area contributed by atoms with Crippen LogP contribution in [-0.4, -0.2) is 6.04 Å². The van der Waals surface area contributed by atoms with Gasteiger partial charge < -0.3 is 5.32 Å². The second-order valence-corrected chi connectivity index (χ2v) is 7.25. The highest BCUT2D eigenvalue weighted by Crippen LogP contribution is 2.42. The van der Waals surface area contributed by atoms with Gasteiger partial charge in [-0.25, -0.2) is 0 Å². The molecule has 0 heterocycles. The Hall–Kier alpha value is -0.210. The van der Waals surface area contributed by atoms with Crippen LogP contribution in [0.1, 0.15) is 33.6 Å². The van der Waals surface area contributed by atoms with E-state index in [1.54, 1.807) is 0 Å². The number of benzene rings is 1. The molecule has 1 nitrogen and oxygen atoms in total. The zero-order valence-electron chi connectivity index (χ0n) is 10.6. The van der Waals surface area contributed by atoms with Crippen LogP contribution < -0.4 is 5.32 Å². The molecular formula is C14H19BrClN. The van der Waals surface area contributed by atoms with Crippen LogP contribution in [0.4, 0.5) is 5.69 Å². The normalized spacial score (nSPS) is 27.1. The summed E-state index contributed by atoms with van der Waals surface area (Å²) in [5.41, 5.74) is 1.49. The summed E-state index contributed by atoms with van der Waals surface area (Å²) in [4.78, 5) is 0. The molecule has 0 amide bonds. The van der Waals surface area contributed by atoms with Crippen LogP contribution in [-0.2, 0) is 0 Å². The topological polar surface area (TPSA) is 12.0 Å². The maximum atomic E-state index is 6.23. The van der Waals surface area contributed by atoms with E-state index in [2.05, 4.69) is 42.0 Å². The number of halogens is 2. The predicted octanol–water partition coefficient (Wildman–Crippen LogP) is 5.34. The van der Waals surface area contributed by atoms with Crippen LogP contribution in [0.5, 0.6) is 0 Å². The molecule has 94 valence electrons. The van der Waals surface area contributed by atoms with Crippen LogP contribution in [0.3, 0.4) is 0 Å². The van der Waals surface area contributed by atoms with E-state index < -0.39 is 0 Å². The molecular weight excluding hydrogens is 298 g/mol. The van der Waals surface area contributed by atoms with Crippen molar-refractivity contribution in [3.05, 3.63) is 27.7 Å². The van der Waals surface area contributed by atoms with Gasteiger partial charge in [0.05, 0.1) is 10.7 Å². The molecule has 0 aliphatic heterocycles. The molecule has 3 heteroatoms. The molecule has 1 aromatic rings. The second-order valence-electron chi connectivity index (χ2n) is 5.92. The second kappa shape index (κ2) is 4.81. The monoisotopic (exact) mass is 315 g/mol. The molecule has 1 aliphatic rings. The maximum Gasteiger partial charge on any atom is 0.0648 e. The van der Waals surface area contributed by atoms with Gasteiger partial charge in [0.1, 0.15) is 0 Å². The minimum absolute atomic E-state index is 0.443. The van der Waals surface area contributed by atoms with Crippen molar-refractivity contribution in [1.82, 2.24) is 0 Å². The van der Waals surface area contributed by atoms with E-state index in [0.717, 1.165) is 15.2 Å². The van der Waals surface area contributed by atoms with E-state index in [9.17, 15) is 0 Å². The van der Waals surface area contributed by atoms with Crippen LogP contribution in [0, 0.1) is 11.3 Å². The lowest BCUT2D eigenvalue weighted by Gasteiger charge is -2.20. The predicted molar refractivity (Wildman–Crippen MR) is 78.7 cm³/mol. The molecule has 17 heavy (non-hydrogen) atoms. The van der Waals surface area contributed by atoms with Gasteiger partial charge in [-0.1, -0.05) is 48.3 Å². The minimum Gasteiger partial charge on any atom is -0.381 e. The van der Waals surface area contributed by atoms with E-state index in [0.29, 0.717) is 17.4 Å². The number of anilines is 1. The molecule has 2 rings (SSSR count). The van der Waals surface area contributed by atoms with E-state index in [4.69, 9.17) is 11.6 Å². The van der Waals surface area contributed by atoms with Gasteiger partial charge >= 0.3 is 0 Å². The summed E-state index contributed by atoms with van der Waals surface area (Å²) >= 11 is 9.66. The van der Waals surface area contributed by atoms with Gasteiger partial charge in [0.15, 0.2) is 0 Å². The largest absolute Gasteiger partial charge is 0.381 e. The molecule has 0 spiro atoms. The van der Waals surface area contributed by atoms with Gasteiger partial charge in [-0.2, -0.15) is 0 Å². The molecule has 0 radical (unpaired) electrons. The maximum absolute atomic E-state index is 6.23. The first-order valence-electron chi connectivity index (χ1n) is 6.09. The van der Waals surface area contributed by atoms with Gasteiger partial charge in [-0.15, -0.1) is 0 Å². The highest BCUT2D eigenvalue weighted by atomic mass is 79.9. The average molecular weight is 317 g/mol. The highest BCUT2D eigenvalue weighted by Gasteiger charge is 2.36. The standard InChI is InChI=1S/C14H19BrClN/c1-9-7-14(2,3)8-13(9)17-12-5-4-10(15)6-11(12)16/h4-6,9,13,17H,7-8H2,1-3H3. The lowest BCUT2D eigenvalue weighted by atomic mass is 9.91. The molecule has 1 aromatic carbocycles. The molecule has 1 aliphatic carbocycles. The van der Waals surface area contributed by atoms with Crippen LogP contribution in [0.15, 0.2) is 22.7 Å². The van der Waals surface area contributed by atoms with Crippen molar-refractivity contribution in [3.8, 4) is 0 Å². The van der Waals surface area contributed by atoms with Crippen LogP contribution in [0.25, 0.3) is 0 Å². The van der Waals surface area contributed by atoms with Crippen molar-refractivity contribution in [1.29, 1.82) is 0 Å². The van der Waals surface area contributed by atoms with E-state index >= 15 is 0 Å². The Bertz CT molecular complexity index is 417. The Morgan fingerprint density at radius 3 is 2.59 bits per heavy atom. The van der Waals surface area contributed by atoms with Gasteiger partial charge in [0, 0.05) is 10.5 Å². The van der Waals surface area contributed by atoms with Crippen LogP contribution in [0.2, 0.25) is 5.02 Å². The summed E-state index contributed by atoms with van der Waals surface area (Å²) in [6.07, 6.45) is 2.49. The Labute approximate surface area is 117 Å². The third kappa shape index (κ3) is 3.17. The van der Waals surface area contributed by atoms with Crippen molar-refractivity contribution in [2.75, 3.05) is 5.32 Å². The van der Waals surface area contributed by atoms with Gasteiger partial charge in [0.2, 0.25) is 0 Å². The van der Waals surface area contributed by atoms with Crippen molar-refractivity contribution >= 4 is 33.2 Å². The molecule has 0 bridgehead atoms. The quantitative estimate of drug-likeness (QED) is 0.776. The summed E-state index contributed by atoms with van der Waals surface area (Å²) in [6.45, 7) is 7.00. The number of nitrogens with one attached hydrogen (secondary N) is 1. The van der Waals surface area contributed by atoms with Gasteiger partial charge in [-0.3, -0.25) is 0 Å². The highest BCUT2D eigenvalue weighted by molar-refractivity contribution is 9.10. The lowest BCUT2D eigenvalue weighted by molar-refractivity contribution is 0.366. The zero-order valence-corrected chi connectivity index (χ0v) is 12.9. The Morgan fingerprint density at radius 2 is 2.06 bits per heavy atom. The van der Waals surface area contributed by atoms with E-state index in [1.165, 1.54) is 12.8 Å². The Balaban J connectivity index is 2.11. The Kier molecular flexibility index (Phi) is 3.74.